The van der Waals surface area contributed by atoms with Crippen molar-refractivity contribution in [2.24, 2.45) is 0 Å². The zero-order chi connectivity index (χ0) is 17.5. The van der Waals surface area contributed by atoms with Gasteiger partial charge in [-0.05, 0) is 61.4 Å². The van der Waals surface area contributed by atoms with Crippen LogP contribution in [-0.4, -0.2) is 13.4 Å². The van der Waals surface area contributed by atoms with Crippen LogP contribution in [0.4, 0.5) is 5.82 Å². The highest BCUT2D eigenvalue weighted by atomic mass is 32.2. The number of rotatable bonds is 3. The molecule has 0 saturated heterocycles. The molecule has 0 aliphatic rings. The van der Waals surface area contributed by atoms with Crippen molar-refractivity contribution in [1.29, 1.82) is 0 Å². The van der Waals surface area contributed by atoms with Gasteiger partial charge in [0.1, 0.15) is 5.82 Å². The minimum absolute atomic E-state index is 0.334. The van der Waals surface area contributed by atoms with Crippen molar-refractivity contribution in [3.8, 4) is 0 Å². The lowest BCUT2D eigenvalue weighted by molar-refractivity contribution is 0.599. The number of pyridine rings is 1. The molecule has 124 valence electrons. The van der Waals surface area contributed by atoms with Gasteiger partial charge in [0.25, 0.3) is 10.0 Å². The molecule has 0 amide bonds. The smallest absolute Gasteiger partial charge is 0.263 e. The fourth-order valence-electron chi connectivity index (χ4n) is 3.05. The van der Waals surface area contributed by atoms with Gasteiger partial charge in [0.2, 0.25) is 0 Å². The minimum atomic E-state index is -3.72. The summed E-state index contributed by atoms with van der Waals surface area (Å²) in [6.45, 7) is 7.61. The van der Waals surface area contributed by atoms with E-state index in [0.29, 0.717) is 10.7 Å². The monoisotopic (exact) mass is 340 g/mol. The maximum Gasteiger partial charge on any atom is 0.263 e. The Morgan fingerprint density at radius 1 is 0.917 bits per heavy atom. The lowest BCUT2D eigenvalue weighted by Crippen LogP contribution is -2.17. The molecule has 3 rings (SSSR count). The molecule has 1 aromatic heterocycles. The van der Waals surface area contributed by atoms with E-state index in [9.17, 15) is 8.42 Å². The third-order valence-corrected chi connectivity index (χ3v) is 6.09. The van der Waals surface area contributed by atoms with Crippen LogP contribution >= 0.6 is 0 Å². The third kappa shape index (κ3) is 2.76. The average molecular weight is 340 g/mol. The SMILES string of the molecule is Cc1cc(C)c(S(=O)(=O)Nc2nccc3ccccc23)c(C)c1C. The first-order valence-electron chi connectivity index (χ1n) is 7.75. The maximum absolute atomic E-state index is 13.0. The van der Waals surface area contributed by atoms with Gasteiger partial charge in [-0.2, -0.15) is 0 Å². The van der Waals surface area contributed by atoms with Crippen molar-refractivity contribution in [3.05, 3.63) is 64.8 Å². The van der Waals surface area contributed by atoms with Crippen LogP contribution in [0.2, 0.25) is 0 Å². The van der Waals surface area contributed by atoms with E-state index in [1.165, 1.54) is 0 Å². The second-order valence-corrected chi connectivity index (χ2v) is 7.69. The number of anilines is 1. The number of sulfonamides is 1. The Morgan fingerprint density at radius 2 is 1.62 bits per heavy atom. The molecule has 0 aliphatic heterocycles. The Balaban J connectivity index is 2.15. The first-order valence-corrected chi connectivity index (χ1v) is 9.23. The summed E-state index contributed by atoms with van der Waals surface area (Å²) >= 11 is 0. The predicted octanol–water partition coefficient (Wildman–Crippen LogP) is 4.27. The van der Waals surface area contributed by atoms with Gasteiger partial charge in [-0.1, -0.05) is 30.3 Å². The molecule has 3 aromatic rings. The molecule has 0 unspecified atom stereocenters. The maximum atomic E-state index is 13.0. The van der Waals surface area contributed by atoms with E-state index >= 15 is 0 Å². The van der Waals surface area contributed by atoms with Crippen molar-refractivity contribution in [2.45, 2.75) is 32.6 Å². The topological polar surface area (TPSA) is 59.1 Å². The summed E-state index contributed by atoms with van der Waals surface area (Å²) in [5.74, 6) is 0.352. The number of nitrogens with zero attached hydrogens (tertiary/aromatic N) is 1. The molecule has 0 radical (unpaired) electrons. The summed E-state index contributed by atoms with van der Waals surface area (Å²) < 4.78 is 28.7. The lowest BCUT2D eigenvalue weighted by atomic mass is 10.0. The van der Waals surface area contributed by atoms with Crippen LogP contribution in [0.3, 0.4) is 0 Å². The van der Waals surface area contributed by atoms with E-state index in [-0.39, 0.29) is 0 Å². The zero-order valence-electron chi connectivity index (χ0n) is 14.2. The van der Waals surface area contributed by atoms with Gasteiger partial charge < -0.3 is 0 Å². The van der Waals surface area contributed by atoms with Crippen LogP contribution in [0.25, 0.3) is 10.8 Å². The molecule has 0 spiro atoms. The normalized spacial score (nSPS) is 11.7. The number of benzene rings is 2. The molecule has 0 atom stereocenters. The van der Waals surface area contributed by atoms with Gasteiger partial charge >= 0.3 is 0 Å². The molecule has 5 heteroatoms. The van der Waals surface area contributed by atoms with Gasteiger partial charge in [0, 0.05) is 11.6 Å². The summed E-state index contributed by atoms with van der Waals surface area (Å²) in [5, 5.41) is 1.72. The van der Waals surface area contributed by atoms with E-state index in [2.05, 4.69) is 9.71 Å². The molecule has 1 N–H and O–H groups in total. The van der Waals surface area contributed by atoms with Crippen LogP contribution in [0, 0.1) is 27.7 Å². The highest BCUT2D eigenvalue weighted by molar-refractivity contribution is 7.92. The second kappa shape index (κ2) is 5.91. The Morgan fingerprint density at radius 3 is 2.38 bits per heavy atom. The Hall–Kier alpha value is -2.40. The molecule has 1 heterocycles. The van der Waals surface area contributed by atoms with E-state index in [1.807, 2.05) is 64.1 Å². The Bertz CT molecular complexity index is 1040. The number of hydrogen-bond acceptors (Lipinski definition) is 3. The van der Waals surface area contributed by atoms with Gasteiger partial charge in [-0.25, -0.2) is 13.4 Å². The first-order chi connectivity index (χ1) is 11.3. The van der Waals surface area contributed by atoms with Gasteiger partial charge in [0.05, 0.1) is 4.90 Å². The fraction of sp³-hybridized carbons (Fsp3) is 0.211. The molecule has 2 aromatic carbocycles. The number of aryl methyl sites for hydroxylation is 2. The molecular formula is C19H20N2O2S. The molecule has 0 aliphatic carbocycles. The highest BCUT2D eigenvalue weighted by Crippen LogP contribution is 2.29. The Kier molecular flexibility index (Phi) is 4.05. The van der Waals surface area contributed by atoms with Gasteiger partial charge in [0.15, 0.2) is 0 Å². The largest absolute Gasteiger partial charge is 0.263 e. The van der Waals surface area contributed by atoms with Crippen molar-refractivity contribution < 1.29 is 8.42 Å². The van der Waals surface area contributed by atoms with Crippen molar-refractivity contribution in [2.75, 3.05) is 4.72 Å². The quantitative estimate of drug-likeness (QED) is 0.774. The minimum Gasteiger partial charge on any atom is -0.263 e. The number of hydrogen-bond donors (Lipinski definition) is 1. The van der Waals surface area contributed by atoms with Crippen LogP contribution in [-0.2, 0) is 10.0 Å². The lowest BCUT2D eigenvalue weighted by Gasteiger charge is -2.16. The zero-order valence-corrected chi connectivity index (χ0v) is 15.0. The van der Waals surface area contributed by atoms with Gasteiger partial charge in [-0.3, -0.25) is 4.72 Å². The summed E-state index contributed by atoms with van der Waals surface area (Å²) in [7, 11) is -3.72. The molecule has 0 saturated carbocycles. The van der Waals surface area contributed by atoms with E-state index in [0.717, 1.165) is 33.0 Å². The fourth-order valence-corrected chi connectivity index (χ4v) is 4.61. The summed E-state index contributed by atoms with van der Waals surface area (Å²) in [6.07, 6.45) is 1.61. The molecule has 4 nitrogen and oxygen atoms in total. The molecule has 0 fully saturated rings. The predicted molar refractivity (Wildman–Crippen MR) is 97.9 cm³/mol. The van der Waals surface area contributed by atoms with Crippen LogP contribution in [0.1, 0.15) is 22.3 Å². The average Bonchev–Trinajstić information content (AvgIpc) is 2.52. The first kappa shape index (κ1) is 16.5. The van der Waals surface area contributed by atoms with E-state index < -0.39 is 10.0 Å². The van der Waals surface area contributed by atoms with Gasteiger partial charge in [-0.15, -0.1) is 0 Å². The molecule has 0 bridgehead atoms. The second-order valence-electron chi connectivity index (χ2n) is 6.08. The summed E-state index contributed by atoms with van der Waals surface area (Å²) in [5.41, 5.74) is 3.60. The highest BCUT2D eigenvalue weighted by Gasteiger charge is 2.22. The van der Waals surface area contributed by atoms with E-state index in [1.54, 1.807) is 6.20 Å². The standard InChI is InChI=1S/C19H20N2O2S/c1-12-11-13(2)18(15(4)14(12)3)24(22,23)21-19-17-8-6-5-7-16(17)9-10-20-19/h5-11H,1-4H3,(H,20,21). The van der Waals surface area contributed by atoms with Crippen molar-refractivity contribution >= 4 is 26.6 Å². The number of fused-ring (bicyclic) bond motifs is 1. The third-order valence-electron chi connectivity index (χ3n) is 4.46. The van der Waals surface area contributed by atoms with Crippen LogP contribution < -0.4 is 4.72 Å². The van der Waals surface area contributed by atoms with Crippen LogP contribution in [0.15, 0.2) is 47.5 Å². The molecule has 24 heavy (non-hydrogen) atoms. The molecular weight excluding hydrogens is 320 g/mol. The van der Waals surface area contributed by atoms with Crippen molar-refractivity contribution in [1.82, 2.24) is 4.98 Å². The van der Waals surface area contributed by atoms with Crippen LogP contribution in [0.5, 0.6) is 0 Å². The van der Waals surface area contributed by atoms with Crippen molar-refractivity contribution in [3.63, 3.8) is 0 Å². The Labute approximate surface area is 142 Å². The summed E-state index contributed by atoms with van der Waals surface area (Å²) in [6, 6.07) is 11.3. The number of nitrogens with one attached hydrogen (secondary N) is 1. The summed E-state index contributed by atoms with van der Waals surface area (Å²) in [4.78, 5) is 4.56. The van der Waals surface area contributed by atoms with E-state index in [4.69, 9.17) is 0 Å². The number of aromatic nitrogens is 1.